The number of fused-ring (bicyclic) bond motifs is 1. The van der Waals surface area contributed by atoms with Crippen LogP contribution in [0.3, 0.4) is 0 Å². The van der Waals surface area contributed by atoms with E-state index < -0.39 is 0 Å². The maximum Gasteiger partial charge on any atom is 0.266 e. The van der Waals surface area contributed by atoms with Crippen LogP contribution in [0, 0.1) is 13.8 Å². The highest BCUT2D eigenvalue weighted by Crippen LogP contribution is 2.33. The molecule has 0 atom stereocenters. The van der Waals surface area contributed by atoms with E-state index in [4.69, 9.17) is 4.98 Å². The molecule has 5 rings (SSSR count). The molecule has 0 radical (unpaired) electrons. The monoisotopic (exact) mass is 465 g/mol. The second-order valence-corrected chi connectivity index (χ2v) is 9.21. The van der Waals surface area contributed by atoms with E-state index >= 15 is 0 Å². The molecule has 5 nitrogen and oxygen atoms in total. The van der Waals surface area contributed by atoms with Gasteiger partial charge in [0, 0.05) is 5.69 Å². The maximum absolute atomic E-state index is 13.2. The summed E-state index contributed by atoms with van der Waals surface area (Å²) in [5.41, 5.74) is 4.19. The Bertz CT molecular complexity index is 1500. The molecule has 0 saturated heterocycles. The molecule has 0 aliphatic rings. The molecule has 5 aromatic rings. The molecule has 2 heterocycles. The molecule has 34 heavy (non-hydrogen) atoms. The van der Waals surface area contributed by atoms with E-state index in [1.54, 1.807) is 6.92 Å². The lowest BCUT2D eigenvalue weighted by Crippen LogP contribution is -2.16. The number of carbonyl (C=O) groups is 1. The van der Waals surface area contributed by atoms with Crippen LogP contribution in [0.4, 0.5) is 5.69 Å². The summed E-state index contributed by atoms with van der Waals surface area (Å²) in [6.45, 7) is 3.74. The zero-order valence-corrected chi connectivity index (χ0v) is 19.6. The number of nitrogens with zero attached hydrogens (tertiary/aromatic N) is 1. The van der Waals surface area contributed by atoms with Crippen molar-refractivity contribution >= 4 is 33.1 Å². The molecule has 2 aromatic heterocycles. The maximum atomic E-state index is 13.2. The topological polar surface area (TPSA) is 74.8 Å². The van der Waals surface area contributed by atoms with E-state index in [1.807, 2.05) is 91.9 Å². The standard InChI is InChI=1S/C28H23N3O2S/c1-17-11-9-10-16-21(17)29-27(33)24-18(2)22-26(32)30-25(31-28(22)34-24)23(19-12-5-3-6-13-19)20-14-7-4-8-15-20/h3-16,23H,1-2H3,(H,29,33)(H,30,31,32). The molecule has 168 valence electrons. The molecule has 2 N–H and O–H groups in total. The van der Waals surface area contributed by atoms with Gasteiger partial charge in [0.05, 0.1) is 16.2 Å². The van der Waals surface area contributed by atoms with Gasteiger partial charge in [0.2, 0.25) is 0 Å². The summed E-state index contributed by atoms with van der Waals surface area (Å²) in [6.07, 6.45) is 0. The van der Waals surface area contributed by atoms with Gasteiger partial charge in [0.15, 0.2) is 0 Å². The number of aromatic nitrogens is 2. The first kappa shape index (κ1) is 21.8. The minimum Gasteiger partial charge on any atom is -0.321 e. The predicted octanol–water partition coefficient (Wildman–Crippen LogP) is 6.03. The molecular weight excluding hydrogens is 442 g/mol. The van der Waals surface area contributed by atoms with Crippen LogP contribution in [-0.4, -0.2) is 15.9 Å². The number of H-pyrrole nitrogens is 1. The number of benzene rings is 3. The molecule has 0 fully saturated rings. The second-order valence-electron chi connectivity index (χ2n) is 8.21. The lowest BCUT2D eigenvalue weighted by Gasteiger charge is -2.17. The Morgan fingerprint density at radius 3 is 2.09 bits per heavy atom. The van der Waals surface area contributed by atoms with E-state index in [0.29, 0.717) is 26.5 Å². The number of carbonyl (C=O) groups excluding carboxylic acids is 1. The highest BCUT2D eigenvalue weighted by molar-refractivity contribution is 7.20. The first-order chi connectivity index (χ1) is 16.5. The van der Waals surface area contributed by atoms with Crippen molar-refractivity contribution in [3.05, 3.63) is 128 Å². The van der Waals surface area contributed by atoms with Crippen molar-refractivity contribution in [1.82, 2.24) is 9.97 Å². The number of amides is 1. The minimum atomic E-state index is -0.238. The van der Waals surface area contributed by atoms with Gasteiger partial charge in [-0.25, -0.2) is 4.98 Å². The van der Waals surface area contributed by atoms with Crippen LogP contribution < -0.4 is 10.9 Å². The fourth-order valence-electron chi connectivity index (χ4n) is 4.21. The Hall–Kier alpha value is -4.03. The van der Waals surface area contributed by atoms with Gasteiger partial charge in [-0.2, -0.15) is 0 Å². The molecule has 0 aliphatic heterocycles. The third-order valence-electron chi connectivity index (χ3n) is 5.96. The lowest BCUT2D eigenvalue weighted by atomic mass is 9.90. The van der Waals surface area contributed by atoms with E-state index in [-0.39, 0.29) is 17.4 Å². The van der Waals surface area contributed by atoms with Crippen molar-refractivity contribution in [2.24, 2.45) is 0 Å². The third kappa shape index (κ3) is 4.04. The van der Waals surface area contributed by atoms with E-state index in [0.717, 1.165) is 22.4 Å². The molecule has 0 saturated carbocycles. The van der Waals surface area contributed by atoms with Crippen molar-refractivity contribution < 1.29 is 4.79 Å². The fourth-order valence-corrected chi connectivity index (χ4v) is 5.29. The van der Waals surface area contributed by atoms with Gasteiger partial charge in [-0.3, -0.25) is 9.59 Å². The number of hydrogen-bond donors (Lipinski definition) is 2. The zero-order chi connectivity index (χ0) is 23.7. The summed E-state index contributed by atoms with van der Waals surface area (Å²) < 4.78 is 0. The van der Waals surface area contributed by atoms with Gasteiger partial charge in [0.1, 0.15) is 10.7 Å². The van der Waals surface area contributed by atoms with Crippen molar-refractivity contribution in [3.63, 3.8) is 0 Å². The first-order valence-electron chi connectivity index (χ1n) is 11.0. The van der Waals surface area contributed by atoms with Crippen LogP contribution in [0.25, 0.3) is 10.2 Å². The van der Waals surface area contributed by atoms with Crippen LogP contribution in [0.2, 0.25) is 0 Å². The van der Waals surface area contributed by atoms with Crippen molar-refractivity contribution in [1.29, 1.82) is 0 Å². The Morgan fingerprint density at radius 1 is 0.882 bits per heavy atom. The summed E-state index contributed by atoms with van der Waals surface area (Å²) in [5, 5.41) is 3.43. The van der Waals surface area contributed by atoms with Crippen LogP contribution in [-0.2, 0) is 0 Å². The summed E-state index contributed by atoms with van der Waals surface area (Å²) in [4.78, 5) is 35.2. The van der Waals surface area contributed by atoms with Gasteiger partial charge in [-0.1, -0.05) is 78.9 Å². The van der Waals surface area contributed by atoms with Gasteiger partial charge >= 0.3 is 0 Å². The summed E-state index contributed by atoms with van der Waals surface area (Å²) in [7, 11) is 0. The lowest BCUT2D eigenvalue weighted by molar-refractivity contribution is 0.103. The molecule has 0 aliphatic carbocycles. The average molecular weight is 466 g/mol. The molecule has 3 aromatic carbocycles. The quantitative estimate of drug-likeness (QED) is 0.333. The van der Waals surface area contributed by atoms with Gasteiger partial charge in [-0.05, 0) is 42.2 Å². The first-order valence-corrected chi connectivity index (χ1v) is 11.8. The van der Waals surface area contributed by atoms with Gasteiger partial charge in [-0.15, -0.1) is 11.3 Å². The van der Waals surface area contributed by atoms with Crippen molar-refractivity contribution in [3.8, 4) is 0 Å². The summed E-state index contributed by atoms with van der Waals surface area (Å²) >= 11 is 1.25. The van der Waals surface area contributed by atoms with Crippen LogP contribution in [0.15, 0.2) is 89.7 Å². The molecule has 0 bridgehead atoms. The fraction of sp³-hybridized carbons (Fsp3) is 0.107. The Balaban J connectivity index is 1.61. The van der Waals surface area contributed by atoms with Gasteiger partial charge < -0.3 is 10.3 Å². The largest absolute Gasteiger partial charge is 0.321 e. The van der Waals surface area contributed by atoms with Crippen molar-refractivity contribution in [2.45, 2.75) is 19.8 Å². The highest BCUT2D eigenvalue weighted by atomic mass is 32.1. The number of aryl methyl sites for hydroxylation is 2. The summed E-state index contributed by atoms with van der Waals surface area (Å²) in [5.74, 6) is 0.0894. The number of aromatic amines is 1. The third-order valence-corrected chi connectivity index (χ3v) is 7.14. The highest BCUT2D eigenvalue weighted by Gasteiger charge is 2.24. The summed E-state index contributed by atoms with van der Waals surface area (Å²) in [6, 6.07) is 27.6. The van der Waals surface area contributed by atoms with E-state index in [9.17, 15) is 9.59 Å². The number of para-hydroxylation sites is 1. The molecule has 6 heteroatoms. The Kier molecular flexibility index (Phi) is 5.82. The van der Waals surface area contributed by atoms with Gasteiger partial charge in [0.25, 0.3) is 11.5 Å². The molecule has 0 spiro atoms. The number of anilines is 1. The Morgan fingerprint density at radius 2 is 1.47 bits per heavy atom. The van der Waals surface area contributed by atoms with E-state index in [1.165, 1.54) is 11.3 Å². The SMILES string of the molecule is Cc1ccccc1NC(=O)c1sc2nc(C(c3ccccc3)c3ccccc3)[nH]c(=O)c2c1C. The van der Waals surface area contributed by atoms with E-state index in [2.05, 4.69) is 10.3 Å². The number of thiophene rings is 1. The molecule has 1 amide bonds. The van der Waals surface area contributed by atoms with Crippen LogP contribution >= 0.6 is 11.3 Å². The predicted molar refractivity (Wildman–Crippen MR) is 138 cm³/mol. The average Bonchev–Trinajstić information content (AvgIpc) is 3.19. The second kappa shape index (κ2) is 9.08. The Labute approximate surface area is 201 Å². The number of nitrogens with one attached hydrogen (secondary N) is 2. The molecular formula is C28H23N3O2S. The van der Waals surface area contributed by atoms with Crippen LogP contribution in [0.5, 0.6) is 0 Å². The minimum absolute atomic E-state index is 0.230. The van der Waals surface area contributed by atoms with Crippen LogP contribution in [0.1, 0.15) is 43.7 Å². The smallest absolute Gasteiger partial charge is 0.266 e. The van der Waals surface area contributed by atoms with Crippen molar-refractivity contribution in [2.75, 3.05) is 5.32 Å². The zero-order valence-electron chi connectivity index (χ0n) is 18.8. The normalized spacial score (nSPS) is 11.1. The molecule has 0 unspecified atom stereocenters. The number of rotatable bonds is 5. The number of hydrogen-bond acceptors (Lipinski definition) is 4.